The molecule has 2 N–H and O–H groups in total. The van der Waals surface area contributed by atoms with Crippen molar-refractivity contribution in [1.82, 2.24) is 10.4 Å². The Morgan fingerprint density at radius 1 is 1.03 bits per heavy atom. The number of carbonyl (C=O) groups is 1. The summed E-state index contributed by atoms with van der Waals surface area (Å²) in [7, 11) is -4.03. The van der Waals surface area contributed by atoms with Crippen LogP contribution in [-0.4, -0.2) is 62.1 Å². The quantitative estimate of drug-likeness (QED) is 0.271. The van der Waals surface area contributed by atoms with Crippen LogP contribution in [0.25, 0.3) is 0 Å². The number of hydrogen-bond acceptors (Lipinski definition) is 7. The zero-order valence-corrected chi connectivity index (χ0v) is 22.0. The first-order valence-corrected chi connectivity index (χ1v) is 13.7. The Balaban J connectivity index is 0.00000361. The first kappa shape index (κ1) is 28.4. The van der Waals surface area contributed by atoms with Crippen molar-refractivity contribution in [3.63, 3.8) is 0 Å². The summed E-state index contributed by atoms with van der Waals surface area (Å²) in [5.41, 5.74) is 4.44. The van der Waals surface area contributed by atoms with E-state index in [1.54, 1.807) is 12.1 Å². The number of sulfone groups is 1. The molecule has 0 aliphatic carbocycles. The van der Waals surface area contributed by atoms with Gasteiger partial charge in [-0.15, -0.1) is 12.4 Å². The van der Waals surface area contributed by atoms with Crippen LogP contribution in [-0.2, 0) is 32.3 Å². The van der Waals surface area contributed by atoms with Crippen molar-refractivity contribution < 1.29 is 27.9 Å². The van der Waals surface area contributed by atoms with Gasteiger partial charge in [0.05, 0.1) is 11.5 Å². The summed E-state index contributed by atoms with van der Waals surface area (Å²) in [6, 6.07) is 14.8. The topological polar surface area (TPSA) is 105 Å². The molecular formula is C26H35ClN2O6S. The second kappa shape index (κ2) is 12.9. The number of rotatable bonds is 10. The number of hydrogen-bond donors (Lipinski definition) is 2. The van der Waals surface area contributed by atoms with Gasteiger partial charge in [0.15, 0.2) is 14.6 Å². The minimum atomic E-state index is -4.03. The van der Waals surface area contributed by atoms with Crippen LogP contribution in [0.5, 0.6) is 5.75 Å². The maximum atomic E-state index is 13.3. The Hall–Kier alpha value is -2.17. The van der Waals surface area contributed by atoms with E-state index in [9.17, 15) is 13.2 Å². The standard InChI is InChI=1S/C26H34N2O6S.ClH/c29-25(27-30)26(13-18-33-19-14-26)35(31,32)24-10-8-23(9-11-24)34-17-5-1-4-15-28-16-12-21-6-2-3-7-22(21)20-28;/h2-3,6-11,30H,1,4-5,12-20H2,(H,27,29);1H. The highest BCUT2D eigenvalue weighted by molar-refractivity contribution is 7.93. The van der Waals surface area contributed by atoms with E-state index in [4.69, 9.17) is 14.7 Å². The monoisotopic (exact) mass is 538 g/mol. The lowest BCUT2D eigenvalue weighted by Gasteiger charge is -2.34. The molecule has 0 saturated carbocycles. The molecule has 1 fully saturated rings. The number of hydroxylamine groups is 1. The van der Waals surface area contributed by atoms with Crippen molar-refractivity contribution in [2.75, 3.05) is 32.9 Å². The number of fused-ring (bicyclic) bond motifs is 1. The van der Waals surface area contributed by atoms with Gasteiger partial charge < -0.3 is 9.47 Å². The number of nitrogens with zero attached hydrogens (tertiary/aromatic N) is 1. The molecule has 2 aromatic rings. The van der Waals surface area contributed by atoms with Crippen molar-refractivity contribution in [2.24, 2.45) is 0 Å². The predicted molar refractivity (Wildman–Crippen MR) is 138 cm³/mol. The Labute approximate surface area is 219 Å². The van der Waals surface area contributed by atoms with Gasteiger partial charge >= 0.3 is 0 Å². The van der Waals surface area contributed by atoms with Crippen molar-refractivity contribution in [3.05, 3.63) is 59.7 Å². The molecule has 198 valence electrons. The van der Waals surface area contributed by atoms with Crippen LogP contribution < -0.4 is 10.2 Å². The number of benzene rings is 2. The average molecular weight is 539 g/mol. The zero-order chi connectivity index (χ0) is 24.7. The largest absolute Gasteiger partial charge is 0.494 e. The lowest BCUT2D eigenvalue weighted by atomic mass is 9.98. The normalized spacial score (nSPS) is 17.5. The van der Waals surface area contributed by atoms with Crippen LogP contribution in [0.4, 0.5) is 0 Å². The molecule has 36 heavy (non-hydrogen) atoms. The van der Waals surface area contributed by atoms with E-state index < -0.39 is 20.5 Å². The molecule has 0 atom stereocenters. The third-order valence-corrected chi connectivity index (χ3v) is 9.58. The fraction of sp³-hybridized carbons (Fsp3) is 0.500. The van der Waals surface area contributed by atoms with E-state index in [0.717, 1.165) is 45.3 Å². The Morgan fingerprint density at radius 2 is 1.72 bits per heavy atom. The molecule has 8 nitrogen and oxygen atoms in total. The van der Waals surface area contributed by atoms with E-state index in [1.807, 2.05) is 0 Å². The Morgan fingerprint density at radius 3 is 2.42 bits per heavy atom. The average Bonchev–Trinajstić information content (AvgIpc) is 2.90. The van der Waals surface area contributed by atoms with Crippen LogP contribution in [0.1, 0.15) is 43.2 Å². The number of halogens is 1. The van der Waals surface area contributed by atoms with Crippen LogP contribution in [0, 0.1) is 0 Å². The lowest BCUT2D eigenvalue weighted by molar-refractivity contribution is -0.134. The fourth-order valence-corrected chi connectivity index (χ4v) is 6.85. The first-order valence-electron chi connectivity index (χ1n) is 12.3. The molecule has 10 heteroatoms. The van der Waals surface area contributed by atoms with Crippen molar-refractivity contribution in [3.8, 4) is 5.75 Å². The number of nitrogens with one attached hydrogen (secondary N) is 1. The summed E-state index contributed by atoms with van der Waals surface area (Å²) < 4.78 is 35.9. The van der Waals surface area contributed by atoms with Gasteiger partial charge in [0.1, 0.15) is 5.75 Å². The van der Waals surface area contributed by atoms with Crippen LogP contribution >= 0.6 is 12.4 Å². The molecular weight excluding hydrogens is 504 g/mol. The third-order valence-electron chi connectivity index (χ3n) is 7.06. The summed E-state index contributed by atoms with van der Waals surface area (Å²) in [5, 5.41) is 9.15. The summed E-state index contributed by atoms with van der Waals surface area (Å²) in [4.78, 5) is 14.9. The van der Waals surface area contributed by atoms with Crippen LogP contribution in [0.3, 0.4) is 0 Å². The number of amides is 1. The molecule has 4 rings (SSSR count). The van der Waals surface area contributed by atoms with Crippen molar-refractivity contribution in [2.45, 2.75) is 54.7 Å². The Bertz CT molecular complexity index is 1100. The first-order chi connectivity index (χ1) is 17.0. The van der Waals surface area contributed by atoms with Crippen molar-refractivity contribution >= 4 is 28.2 Å². The van der Waals surface area contributed by atoms with E-state index in [-0.39, 0.29) is 43.4 Å². The maximum Gasteiger partial charge on any atom is 0.265 e. The minimum absolute atomic E-state index is 0. The van der Waals surface area contributed by atoms with Gasteiger partial charge in [-0.1, -0.05) is 24.3 Å². The highest BCUT2D eigenvalue weighted by atomic mass is 35.5. The van der Waals surface area contributed by atoms with Gasteiger partial charge in [-0.25, -0.2) is 13.9 Å². The van der Waals surface area contributed by atoms with Gasteiger partial charge in [0.25, 0.3) is 5.91 Å². The molecule has 0 unspecified atom stereocenters. The zero-order valence-electron chi connectivity index (χ0n) is 20.4. The van der Waals surface area contributed by atoms with E-state index in [1.165, 1.54) is 28.7 Å². The molecule has 2 aromatic carbocycles. The molecule has 2 aliphatic heterocycles. The molecule has 0 aromatic heterocycles. The van der Waals surface area contributed by atoms with Gasteiger partial charge in [-0.2, -0.15) is 0 Å². The SMILES string of the molecule is Cl.O=C(NO)C1(S(=O)(=O)c2ccc(OCCCCCN3CCc4ccccc4C3)cc2)CCOCC1. The lowest BCUT2D eigenvalue weighted by Crippen LogP contribution is -2.54. The van der Waals surface area contributed by atoms with E-state index >= 15 is 0 Å². The van der Waals surface area contributed by atoms with E-state index in [0.29, 0.717) is 12.4 Å². The molecule has 0 radical (unpaired) electrons. The third kappa shape index (κ3) is 6.20. The van der Waals surface area contributed by atoms with Crippen LogP contribution in [0.15, 0.2) is 53.4 Å². The number of carbonyl (C=O) groups excluding carboxylic acids is 1. The van der Waals surface area contributed by atoms with Crippen LogP contribution in [0.2, 0.25) is 0 Å². The van der Waals surface area contributed by atoms with Gasteiger partial charge in [-0.05, 0) is 80.5 Å². The highest BCUT2D eigenvalue weighted by Gasteiger charge is 2.52. The van der Waals surface area contributed by atoms with E-state index in [2.05, 4.69) is 29.2 Å². The number of unbranched alkanes of at least 4 members (excludes halogenated alkanes) is 2. The molecule has 2 aliphatic rings. The summed E-state index contributed by atoms with van der Waals surface area (Å²) in [6.07, 6.45) is 4.19. The Kier molecular flexibility index (Phi) is 10.2. The van der Waals surface area contributed by atoms with Gasteiger partial charge in [-0.3, -0.25) is 14.9 Å². The number of ether oxygens (including phenoxy) is 2. The van der Waals surface area contributed by atoms with Crippen molar-refractivity contribution in [1.29, 1.82) is 0 Å². The molecule has 1 amide bonds. The maximum absolute atomic E-state index is 13.3. The second-order valence-corrected chi connectivity index (χ2v) is 11.5. The van der Waals surface area contributed by atoms with Gasteiger partial charge in [0, 0.05) is 26.3 Å². The minimum Gasteiger partial charge on any atom is -0.494 e. The molecule has 0 bridgehead atoms. The highest BCUT2D eigenvalue weighted by Crippen LogP contribution is 2.35. The predicted octanol–water partition coefficient (Wildman–Crippen LogP) is 3.54. The smallest absolute Gasteiger partial charge is 0.265 e. The summed E-state index contributed by atoms with van der Waals surface area (Å²) in [5.74, 6) is -0.334. The fourth-order valence-electron chi connectivity index (χ4n) is 4.91. The summed E-state index contributed by atoms with van der Waals surface area (Å²) >= 11 is 0. The summed E-state index contributed by atoms with van der Waals surface area (Å²) in [6.45, 7) is 4.04. The molecule has 1 saturated heterocycles. The second-order valence-electron chi connectivity index (χ2n) is 9.23. The van der Waals surface area contributed by atoms with Gasteiger partial charge in [0.2, 0.25) is 0 Å². The molecule has 2 heterocycles. The molecule has 0 spiro atoms.